The minimum atomic E-state index is -0.555. The average Bonchev–Trinajstić information content (AvgIpc) is 3.23. The van der Waals surface area contributed by atoms with Crippen molar-refractivity contribution >= 4 is 40.8 Å². The third-order valence-corrected chi connectivity index (χ3v) is 5.34. The Hall–Kier alpha value is -3.75. The number of carbonyl (C=O) groups is 2. The van der Waals surface area contributed by atoms with Crippen molar-refractivity contribution in [2.75, 3.05) is 12.4 Å². The van der Waals surface area contributed by atoms with Crippen molar-refractivity contribution in [1.82, 2.24) is 20.1 Å². The van der Waals surface area contributed by atoms with Gasteiger partial charge in [0, 0.05) is 18.7 Å². The number of halogens is 3. The zero-order chi connectivity index (χ0) is 23.5. The molecule has 0 aliphatic carbocycles. The van der Waals surface area contributed by atoms with E-state index in [1.54, 1.807) is 24.3 Å². The Morgan fingerprint density at radius 3 is 2.39 bits per heavy atom. The van der Waals surface area contributed by atoms with Gasteiger partial charge in [0.25, 0.3) is 11.8 Å². The molecule has 10 heteroatoms. The molecule has 0 aliphatic heterocycles. The summed E-state index contributed by atoms with van der Waals surface area (Å²) in [4.78, 5) is 29.3. The average molecular weight is 484 g/mol. The van der Waals surface area contributed by atoms with Gasteiger partial charge in [-0.3, -0.25) is 14.6 Å². The molecule has 0 fully saturated rings. The molecular formula is C23H16Cl2FN5O2. The van der Waals surface area contributed by atoms with Crippen molar-refractivity contribution in [3.63, 3.8) is 0 Å². The Bertz CT molecular complexity index is 1340. The van der Waals surface area contributed by atoms with Gasteiger partial charge >= 0.3 is 0 Å². The lowest BCUT2D eigenvalue weighted by atomic mass is 10.1. The van der Waals surface area contributed by atoms with Crippen molar-refractivity contribution < 1.29 is 14.0 Å². The molecule has 2 amide bonds. The molecule has 7 nitrogen and oxygen atoms in total. The smallest absolute Gasteiger partial charge is 0.271 e. The summed E-state index contributed by atoms with van der Waals surface area (Å²) in [6, 6.07) is 16.1. The van der Waals surface area contributed by atoms with Gasteiger partial charge in [0.05, 0.1) is 33.2 Å². The molecule has 4 rings (SSSR count). The molecule has 0 radical (unpaired) electrons. The first-order chi connectivity index (χ1) is 15.9. The largest absolute Gasteiger partial charge is 0.354 e. The third kappa shape index (κ3) is 4.72. The highest BCUT2D eigenvalue weighted by atomic mass is 35.5. The van der Waals surface area contributed by atoms with Crippen LogP contribution in [0.15, 0.2) is 66.9 Å². The van der Waals surface area contributed by atoms with Crippen LogP contribution in [-0.4, -0.2) is 33.6 Å². The number of benzene rings is 2. The van der Waals surface area contributed by atoms with E-state index in [0.29, 0.717) is 16.9 Å². The first-order valence-electron chi connectivity index (χ1n) is 9.67. The number of carbonyl (C=O) groups excluding carboxylic acids is 2. The van der Waals surface area contributed by atoms with E-state index < -0.39 is 17.6 Å². The van der Waals surface area contributed by atoms with Crippen LogP contribution < -0.4 is 10.6 Å². The van der Waals surface area contributed by atoms with Crippen LogP contribution in [0.4, 0.5) is 10.2 Å². The van der Waals surface area contributed by atoms with Crippen LogP contribution >= 0.6 is 23.2 Å². The van der Waals surface area contributed by atoms with Gasteiger partial charge in [-0.2, -0.15) is 5.10 Å². The van der Waals surface area contributed by atoms with E-state index in [1.165, 1.54) is 42.1 Å². The fourth-order valence-electron chi connectivity index (χ4n) is 3.11. The Morgan fingerprint density at radius 2 is 1.73 bits per heavy atom. The molecule has 166 valence electrons. The van der Waals surface area contributed by atoms with Crippen molar-refractivity contribution in [2.45, 2.75) is 0 Å². The summed E-state index contributed by atoms with van der Waals surface area (Å²) in [6.45, 7) is 0. The van der Waals surface area contributed by atoms with E-state index in [1.807, 2.05) is 6.07 Å². The number of anilines is 1. The molecule has 0 bridgehead atoms. The molecule has 2 aromatic heterocycles. The third-order valence-electron chi connectivity index (χ3n) is 4.72. The van der Waals surface area contributed by atoms with Crippen LogP contribution in [0.5, 0.6) is 0 Å². The molecule has 33 heavy (non-hydrogen) atoms. The summed E-state index contributed by atoms with van der Waals surface area (Å²) >= 11 is 12.6. The van der Waals surface area contributed by atoms with Crippen LogP contribution in [0, 0.1) is 5.82 Å². The molecular weight excluding hydrogens is 468 g/mol. The number of nitrogens with one attached hydrogen (secondary N) is 2. The second-order valence-corrected chi connectivity index (χ2v) is 7.68. The van der Waals surface area contributed by atoms with Gasteiger partial charge < -0.3 is 10.6 Å². The summed E-state index contributed by atoms with van der Waals surface area (Å²) in [5.41, 5.74) is 1.66. The molecule has 0 saturated heterocycles. The summed E-state index contributed by atoms with van der Waals surface area (Å²) in [6.07, 6.45) is 1.05. The Kier molecular flexibility index (Phi) is 6.39. The number of amides is 2. The number of pyridine rings is 1. The molecule has 0 aliphatic rings. The number of nitrogens with zero attached hydrogens (tertiary/aromatic N) is 3. The van der Waals surface area contributed by atoms with Gasteiger partial charge in [-0.15, -0.1) is 0 Å². The predicted octanol–water partition coefficient (Wildman–Crippen LogP) is 4.99. The Morgan fingerprint density at radius 1 is 0.970 bits per heavy atom. The normalized spacial score (nSPS) is 10.7. The molecule has 2 N–H and O–H groups in total. The summed E-state index contributed by atoms with van der Waals surface area (Å²) in [5, 5.41) is 9.92. The van der Waals surface area contributed by atoms with E-state index >= 15 is 0 Å². The summed E-state index contributed by atoms with van der Waals surface area (Å²) < 4.78 is 14.7. The maximum atomic E-state index is 13.3. The Labute approximate surface area is 198 Å². The number of aromatic nitrogens is 3. The molecule has 0 atom stereocenters. The van der Waals surface area contributed by atoms with Crippen molar-refractivity contribution in [1.29, 1.82) is 0 Å². The summed E-state index contributed by atoms with van der Waals surface area (Å²) in [5.74, 6) is -1.20. The SMILES string of the molecule is CNC(=O)c1cc(NC(=O)c2cc(-c3ccc(F)cn3)c(Cl)cc2Cl)n(-c2ccccc2)n1. The van der Waals surface area contributed by atoms with Crippen molar-refractivity contribution in [3.05, 3.63) is 94.0 Å². The lowest BCUT2D eigenvalue weighted by molar-refractivity contribution is 0.0956. The van der Waals surface area contributed by atoms with Gasteiger partial charge in [0.1, 0.15) is 11.6 Å². The standard InChI is InChI=1S/C23H16Cl2FN5O2/c1-27-23(33)20-11-21(31(30-20)14-5-3-2-4-6-14)29-22(32)16-9-15(17(24)10-18(16)25)19-8-7-13(26)12-28-19/h2-12H,1H3,(H,27,33)(H,29,32). The minimum absolute atomic E-state index is 0.112. The quantitative estimate of drug-likeness (QED) is 0.418. The molecule has 0 unspecified atom stereocenters. The second kappa shape index (κ2) is 9.40. The van der Waals surface area contributed by atoms with E-state index in [0.717, 1.165) is 6.20 Å². The van der Waals surface area contributed by atoms with Crippen LogP contribution in [-0.2, 0) is 0 Å². The number of rotatable bonds is 5. The number of para-hydroxylation sites is 1. The zero-order valence-corrected chi connectivity index (χ0v) is 18.7. The highest BCUT2D eigenvalue weighted by Gasteiger charge is 2.20. The van der Waals surface area contributed by atoms with Crippen LogP contribution in [0.3, 0.4) is 0 Å². The first-order valence-corrected chi connectivity index (χ1v) is 10.4. The molecule has 0 spiro atoms. The highest BCUT2D eigenvalue weighted by Crippen LogP contribution is 2.32. The van der Waals surface area contributed by atoms with E-state index in [-0.39, 0.29) is 27.1 Å². The predicted molar refractivity (Wildman–Crippen MR) is 125 cm³/mol. The van der Waals surface area contributed by atoms with Crippen molar-refractivity contribution in [2.24, 2.45) is 0 Å². The molecule has 2 aromatic carbocycles. The summed E-state index contributed by atoms with van der Waals surface area (Å²) in [7, 11) is 1.49. The van der Waals surface area contributed by atoms with E-state index in [4.69, 9.17) is 23.2 Å². The van der Waals surface area contributed by atoms with Crippen LogP contribution in [0.25, 0.3) is 16.9 Å². The number of hydrogen-bond donors (Lipinski definition) is 2. The maximum Gasteiger partial charge on any atom is 0.271 e. The van der Waals surface area contributed by atoms with Gasteiger partial charge in [-0.05, 0) is 36.4 Å². The Balaban J connectivity index is 1.73. The van der Waals surface area contributed by atoms with Crippen molar-refractivity contribution in [3.8, 4) is 16.9 Å². The monoisotopic (exact) mass is 483 g/mol. The molecule has 4 aromatic rings. The maximum absolute atomic E-state index is 13.3. The fourth-order valence-corrected chi connectivity index (χ4v) is 3.68. The lowest BCUT2D eigenvalue weighted by Gasteiger charge is -2.12. The van der Waals surface area contributed by atoms with Crippen LogP contribution in [0.2, 0.25) is 10.0 Å². The molecule has 2 heterocycles. The van der Waals surface area contributed by atoms with Gasteiger partial charge in [-0.1, -0.05) is 41.4 Å². The highest BCUT2D eigenvalue weighted by molar-refractivity contribution is 6.38. The minimum Gasteiger partial charge on any atom is -0.354 e. The van der Waals surface area contributed by atoms with Crippen LogP contribution in [0.1, 0.15) is 20.8 Å². The van der Waals surface area contributed by atoms with Gasteiger partial charge in [0.2, 0.25) is 0 Å². The number of hydrogen-bond acceptors (Lipinski definition) is 4. The molecule has 0 saturated carbocycles. The second-order valence-electron chi connectivity index (χ2n) is 6.87. The lowest BCUT2D eigenvalue weighted by Crippen LogP contribution is -2.18. The van der Waals surface area contributed by atoms with Gasteiger partial charge in [0.15, 0.2) is 5.69 Å². The zero-order valence-electron chi connectivity index (χ0n) is 17.1. The fraction of sp³-hybridized carbons (Fsp3) is 0.0435. The van der Waals surface area contributed by atoms with Gasteiger partial charge in [-0.25, -0.2) is 9.07 Å². The van der Waals surface area contributed by atoms with E-state index in [2.05, 4.69) is 20.7 Å². The topological polar surface area (TPSA) is 88.9 Å². The van der Waals surface area contributed by atoms with E-state index in [9.17, 15) is 14.0 Å². The first kappa shape index (κ1) is 22.4.